The Hall–Kier alpha value is -2.51. The first-order chi connectivity index (χ1) is 16.2. The number of aromatic nitrogens is 1. The van der Waals surface area contributed by atoms with E-state index < -0.39 is 0 Å². The summed E-state index contributed by atoms with van der Waals surface area (Å²) in [7, 11) is 0. The van der Waals surface area contributed by atoms with Crippen LogP contribution in [0.3, 0.4) is 0 Å². The maximum atomic E-state index is 13.0. The van der Waals surface area contributed by atoms with Crippen LogP contribution in [0.2, 0.25) is 0 Å². The molecule has 2 aromatic rings. The van der Waals surface area contributed by atoms with E-state index in [0.717, 1.165) is 39.0 Å². The molecule has 0 saturated carbocycles. The van der Waals surface area contributed by atoms with Crippen molar-refractivity contribution in [2.24, 2.45) is 0 Å². The Kier molecular flexibility index (Phi) is 8.66. The Morgan fingerprint density at radius 2 is 1.94 bits per heavy atom. The highest BCUT2D eigenvalue weighted by Crippen LogP contribution is 2.29. The molecule has 4 rings (SSSR count). The van der Waals surface area contributed by atoms with Gasteiger partial charge in [-0.25, -0.2) is 4.39 Å². The van der Waals surface area contributed by atoms with Gasteiger partial charge in [-0.1, -0.05) is 12.5 Å². The van der Waals surface area contributed by atoms with Crippen molar-refractivity contribution in [1.82, 2.24) is 20.1 Å². The van der Waals surface area contributed by atoms with Crippen LogP contribution in [-0.4, -0.2) is 66.1 Å². The van der Waals surface area contributed by atoms with Crippen molar-refractivity contribution in [2.75, 3.05) is 39.3 Å². The van der Waals surface area contributed by atoms with Crippen LogP contribution in [0.15, 0.2) is 48.8 Å². The summed E-state index contributed by atoms with van der Waals surface area (Å²) < 4.78 is 18.6. The fourth-order valence-electron chi connectivity index (χ4n) is 4.93. The second-order valence-electron chi connectivity index (χ2n) is 8.98. The average Bonchev–Trinajstić information content (AvgIpc) is 3.20. The minimum absolute atomic E-state index is 0.209. The molecule has 0 radical (unpaired) electrons. The molecule has 6 nitrogen and oxygen atoms in total. The van der Waals surface area contributed by atoms with Gasteiger partial charge >= 0.3 is 0 Å². The van der Waals surface area contributed by atoms with Gasteiger partial charge in [0.25, 0.3) is 0 Å². The minimum atomic E-state index is -0.262. The summed E-state index contributed by atoms with van der Waals surface area (Å²) in [6, 6.07) is 10.7. The molecule has 0 aliphatic carbocycles. The number of nitrogens with zero attached hydrogens (tertiary/aromatic N) is 3. The predicted molar refractivity (Wildman–Crippen MR) is 127 cm³/mol. The predicted octanol–water partition coefficient (Wildman–Crippen LogP) is 3.80. The monoisotopic (exact) mass is 454 g/mol. The number of piperidine rings is 1. The van der Waals surface area contributed by atoms with E-state index in [0.29, 0.717) is 25.3 Å². The van der Waals surface area contributed by atoms with Crippen molar-refractivity contribution >= 4 is 5.91 Å². The summed E-state index contributed by atoms with van der Waals surface area (Å²) in [6.45, 7) is 4.98. The second kappa shape index (κ2) is 12.1. The van der Waals surface area contributed by atoms with E-state index in [2.05, 4.69) is 26.2 Å². The van der Waals surface area contributed by atoms with Crippen LogP contribution in [0.25, 0.3) is 0 Å². The zero-order chi connectivity index (χ0) is 22.9. The number of benzene rings is 1. The van der Waals surface area contributed by atoms with E-state index in [1.165, 1.54) is 37.0 Å². The molecule has 1 aromatic carbocycles. The number of ether oxygens (including phenoxy) is 1. The molecular weight excluding hydrogens is 419 g/mol. The Morgan fingerprint density at radius 1 is 1.12 bits per heavy atom. The SMILES string of the molecule is O=C1CCC(CCNCCOc2ccc(F)cc2)N1CC(c1cccnc1)N1CCCCC1. The molecule has 2 unspecified atom stereocenters. The molecule has 2 fully saturated rings. The van der Waals surface area contributed by atoms with Crippen LogP contribution < -0.4 is 10.1 Å². The zero-order valence-electron chi connectivity index (χ0n) is 19.3. The molecule has 2 atom stereocenters. The van der Waals surface area contributed by atoms with E-state index in [9.17, 15) is 9.18 Å². The molecule has 1 N–H and O–H groups in total. The van der Waals surface area contributed by atoms with Crippen LogP contribution in [0.4, 0.5) is 4.39 Å². The van der Waals surface area contributed by atoms with Crippen molar-refractivity contribution < 1.29 is 13.9 Å². The van der Waals surface area contributed by atoms with Crippen LogP contribution in [0.5, 0.6) is 5.75 Å². The van der Waals surface area contributed by atoms with E-state index in [4.69, 9.17) is 4.74 Å². The molecule has 2 aliphatic heterocycles. The summed E-state index contributed by atoms with van der Waals surface area (Å²) in [4.78, 5) is 21.8. The fraction of sp³-hybridized carbons (Fsp3) is 0.538. The minimum Gasteiger partial charge on any atom is -0.492 e. The molecule has 2 saturated heterocycles. The number of hydrogen-bond acceptors (Lipinski definition) is 5. The third kappa shape index (κ3) is 6.74. The van der Waals surface area contributed by atoms with Gasteiger partial charge in [0.2, 0.25) is 5.91 Å². The van der Waals surface area contributed by atoms with Gasteiger partial charge in [0.1, 0.15) is 18.2 Å². The van der Waals surface area contributed by atoms with Gasteiger partial charge in [-0.15, -0.1) is 0 Å². The van der Waals surface area contributed by atoms with Crippen molar-refractivity contribution in [3.05, 3.63) is 60.2 Å². The third-order valence-electron chi connectivity index (χ3n) is 6.74. The van der Waals surface area contributed by atoms with Crippen LogP contribution in [-0.2, 0) is 4.79 Å². The van der Waals surface area contributed by atoms with Gasteiger partial charge in [-0.3, -0.25) is 14.7 Å². The van der Waals surface area contributed by atoms with Gasteiger partial charge in [0.15, 0.2) is 0 Å². The molecule has 3 heterocycles. The van der Waals surface area contributed by atoms with Gasteiger partial charge in [-0.05, 0) is 81.2 Å². The average molecular weight is 455 g/mol. The summed E-state index contributed by atoms with van der Waals surface area (Å²) in [5.41, 5.74) is 1.20. The lowest BCUT2D eigenvalue weighted by Crippen LogP contribution is -2.44. The van der Waals surface area contributed by atoms with E-state index in [1.54, 1.807) is 12.1 Å². The number of rotatable bonds is 11. The van der Waals surface area contributed by atoms with Gasteiger partial charge < -0.3 is 15.0 Å². The number of amides is 1. The zero-order valence-corrected chi connectivity index (χ0v) is 19.3. The van der Waals surface area contributed by atoms with Crippen LogP contribution in [0.1, 0.15) is 50.1 Å². The molecule has 2 aliphatic rings. The fourth-order valence-corrected chi connectivity index (χ4v) is 4.93. The smallest absolute Gasteiger partial charge is 0.222 e. The molecule has 1 amide bonds. The second-order valence-corrected chi connectivity index (χ2v) is 8.98. The number of hydrogen-bond donors (Lipinski definition) is 1. The normalized spacial score (nSPS) is 20.2. The first kappa shape index (κ1) is 23.6. The number of likely N-dealkylation sites (tertiary alicyclic amines) is 2. The number of nitrogens with one attached hydrogen (secondary N) is 1. The molecule has 0 spiro atoms. The highest BCUT2D eigenvalue weighted by atomic mass is 19.1. The number of halogens is 1. The molecule has 1 aromatic heterocycles. The maximum Gasteiger partial charge on any atom is 0.222 e. The van der Waals surface area contributed by atoms with E-state index >= 15 is 0 Å². The summed E-state index contributed by atoms with van der Waals surface area (Å²) in [5.74, 6) is 0.678. The molecule has 33 heavy (non-hydrogen) atoms. The lowest BCUT2D eigenvalue weighted by Gasteiger charge is -2.38. The van der Waals surface area contributed by atoms with Gasteiger partial charge in [0, 0.05) is 37.9 Å². The third-order valence-corrected chi connectivity index (χ3v) is 6.74. The highest BCUT2D eigenvalue weighted by molar-refractivity contribution is 5.78. The number of carbonyl (C=O) groups is 1. The first-order valence-electron chi connectivity index (χ1n) is 12.2. The van der Waals surface area contributed by atoms with Crippen molar-refractivity contribution in [2.45, 2.75) is 50.6 Å². The topological polar surface area (TPSA) is 57.7 Å². The number of pyridine rings is 1. The van der Waals surface area contributed by atoms with Gasteiger partial charge in [-0.2, -0.15) is 0 Å². The Balaban J connectivity index is 1.27. The summed E-state index contributed by atoms with van der Waals surface area (Å²) in [5, 5.41) is 3.42. The molecular formula is C26H35FN4O2. The largest absolute Gasteiger partial charge is 0.492 e. The highest BCUT2D eigenvalue weighted by Gasteiger charge is 2.34. The number of carbonyl (C=O) groups excluding carboxylic acids is 1. The Labute approximate surface area is 196 Å². The van der Waals surface area contributed by atoms with Crippen molar-refractivity contribution in [1.29, 1.82) is 0 Å². The van der Waals surface area contributed by atoms with Crippen LogP contribution in [0, 0.1) is 5.82 Å². The lowest BCUT2D eigenvalue weighted by atomic mass is 10.0. The lowest BCUT2D eigenvalue weighted by molar-refractivity contribution is -0.130. The van der Waals surface area contributed by atoms with E-state index in [-0.39, 0.29) is 23.8 Å². The summed E-state index contributed by atoms with van der Waals surface area (Å²) in [6.07, 6.45) is 9.99. The Morgan fingerprint density at radius 3 is 2.70 bits per heavy atom. The Bertz CT molecular complexity index is 858. The van der Waals surface area contributed by atoms with Crippen molar-refractivity contribution in [3.63, 3.8) is 0 Å². The standard InChI is InChI=1S/C26H35FN4O2/c27-22-6-9-24(10-7-22)33-18-15-28-14-12-23-8-11-26(32)31(23)20-25(21-5-4-13-29-19-21)30-16-2-1-3-17-30/h4-7,9-10,13,19,23,25,28H,1-3,8,11-12,14-18,20H2. The van der Waals surface area contributed by atoms with E-state index in [1.807, 2.05) is 18.5 Å². The molecule has 178 valence electrons. The maximum absolute atomic E-state index is 13.0. The van der Waals surface area contributed by atoms with Gasteiger partial charge in [0.05, 0.1) is 6.04 Å². The molecule has 7 heteroatoms. The quantitative estimate of drug-likeness (QED) is 0.524. The first-order valence-corrected chi connectivity index (χ1v) is 12.2. The summed E-state index contributed by atoms with van der Waals surface area (Å²) >= 11 is 0. The van der Waals surface area contributed by atoms with Crippen LogP contribution >= 0.6 is 0 Å². The van der Waals surface area contributed by atoms with Crippen molar-refractivity contribution in [3.8, 4) is 5.75 Å². The molecule has 0 bridgehead atoms.